The van der Waals surface area contributed by atoms with Crippen molar-refractivity contribution in [1.29, 1.82) is 0 Å². The predicted octanol–water partition coefficient (Wildman–Crippen LogP) is 13.3. The largest absolute Gasteiger partial charge is 0.456 e. The van der Waals surface area contributed by atoms with Crippen LogP contribution in [0.2, 0.25) is 0 Å². The molecule has 47 heavy (non-hydrogen) atoms. The zero-order valence-corrected chi connectivity index (χ0v) is 25.4. The SMILES string of the molecule is c1ccc2cc3c(cc2c1)oc1cc(-c2ccc4ccc5ccccc5c4c2)cc(-c2ccc4ccc5cccc6ccc2c4c56)c13. The first-order valence-corrected chi connectivity index (χ1v) is 16.2. The lowest BCUT2D eigenvalue weighted by Gasteiger charge is -2.16. The molecular formula is C46H26O. The number of hydrogen-bond donors (Lipinski definition) is 0. The first-order chi connectivity index (χ1) is 23.3. The Hall–Kier alpha value is -6.18. The van der Waals surface area contributed by atoms with Crippen LogP contribution in [-0.4, -0.2) is 0 Å². The average Bonchev–Trinajstić information content (AvgIpc) is 3.49. The van der Waals surface area contributed by atoms with Crippen molar-refractivity contribution < 1.29 is 4.42 Å². The van der Waals surface area contributed by atoms with Crippen molar-refractivity contribution in [3.63, 3.8) is 0 Å². The molecule has 11 aromatic rings. The van der Waals surface area contributed by atoms with Gasteiger partial charge in [-0.1, -0.05) is 127 Å². The van der Waals surface area contributed by atoms with Crippen molar-refractivity contribution in [2.75, 3.05) is 0 Å². The van der Waals surface area contributed by atoms with Crippen LogP contribution in [0.3, 0.4) is 0 Å². The van der Waals surface area contributed by atoms with Gasteiger partial charge in [-0.25, -0.2) is 0 Å². The summed E-state index contributed by atoms with van der Waals surface area (Å²) in [5.41, 5.74) is 6.58. The molecule has 0 atom stereocenters. The Morgan fingerprint density at radius 3 is 1.77 bits per heavy atom. The Balaban J connectivity index is 1.27. The highest BCUT2D eigenvalue weighted by Crippen LogP contribution is 2.46. The molecule has 0 unspecified atom stereocenters. The predicted molar refractivity (Wildman–Crippen MR) is 201 cm³/mol. The molecule has 1 heterocycles. The van der Waals surface area contributed by atoms with Gasteiger partial charge < -0.3 is 4.42 Å². The normalized spacial score (nSPS) is 12.3. The van der Waals surface area contributed by atoms with Gasteiger partial charge >= 0.3 is 0 Å². The standard InChI is InChI=1S/C46H26O/c1-2-8-33-25-42-41(23-32(33)7-1)46-40(37-20-18-31-16-15-29-9-5-10-30-19-21-38(37)45(31)44(29)30)24-35(26-43(46)47-42)34-17-14-28-13-12-27-6-3-4-11-36(27)39(28)22-34/h1-26H. The van der Waals surface area contributed by atoms with Crippen LogP contribution >= 0.6 is 0 Å². The van der Waals surface area contributed by atoms with Crippen molar-refractivity contribution in [2.45, 2.75) is 0 Å². The van der Waals surface area contributed by atoms with Gasteiger partial charge in [-0.3, -0.25) is 0 Å². The van der Waals surface area contributed by atoms with Crippen molar-refractivity contribution in [3.05, 3.63) is 158 Å². The summed E-state index contributed by atoms with van der Waals surface area (Å²) in [7, 11) is 0. The molecule has 11 rings (SSSR count). The minimum atomic E-state index is 0.909. The van der Waals surface area contributed by atoms with E-state index < -0.39 is 0 Å². The van der Waals surface area contributed by atoms with Crippen LogP contribution in [0.4, 0.5) is 0 Å². The van der Waals surface area contributed by atoms with E-state index in [9.17, 15) is 0 Å². The fourth-order valence-electron chi connectivity index (χ4n) is 8.12. The summed E-state index contributed by atoms with van der Waals surface area (Å²) in [5, 5.41) is 17.5. The lowest BCUT2D eigenvalue weighted by molar-refractivity contribution is 0.669. The van der Waals surface area contributed by atoms with E-state index in [1.165, 1.54) is 81.3 Å². The van der Waals surface area contributed by atoms with Crippen molar-refractivity contribution >= 4 is 86.6 Å². The van der Waals surface area contributed by atoms with Crippen LogP contribution in [0, 0.1) is 0 Å². The molecule has 0 amide bonds. The zero-order valence-electron chi connectivity index (χ0n) is 25.4. The van der Waals surface area contributed by atoms with Gasteiger partial charge in [0.25, 0.3) is 0 Å². The van der Waals surface area contributed by atoms with E-state index in [4.69, 9.17) is 4.42 Å². The number of hydrogen-bond acceptors (Lipinski definition) is 1. The van der Waals surface area contributed by atoms with Gasteiger partial charge in [0.05, 0.1) is 0 Å². The highest BCUT2D eigenvalue weighted by Gasteiger charge is 2.19. The summed E-state index contributed by atoms with van der Waals surface area (Å²) in [6.45, 7) is 0. The Bertz CT molecular complexity index is 3050. The van der Waals surface area contributed by atoms with Crippen LogP contribution < -0.4 is 0 Å². The van der Waals surface area contributed by atoms with Crippen LogP contribution in [-0.2, 0) is 0 Å². The van der Waals surface area contributed by atoms with Crippen LogP contribution in [0.1, 0.15) is 0 Å². The van der Waals surface area contributed by atoms with Gasteiger partial charge in [-0.05, 0) is 117 Å². The molecular weight excluding hydrogens is 569 g/mol. The second kappa shape index (κ2) is 9.19. The molecule has 0 saturated carbocycles. The molecule has 0 aliphatic heterocycles. The van der Waals surface area contributed by atoms with E-state index in [0.717, 1.165) is 27.5 Å². The molecule has 0 saturated heterocycles. The molecule has 0 radical (unpaired) electrons. The molecule has 0 bridgehead atoms. The van der Waals surface area contributed by atoms with E-state index in [-0.39, 0.29) is 0 Å². The minimum Gasteiger partial charge on any atom is -0.456 e. The molecule has 0 N–H and O–H groups in total. The fraction of sp³-hybridized carbons (Fsp3) is 0. The van der Waals surface area contributed by atoms with E-state index in [1.807, 2.05) is 0 Å². The van der Waals surface area contributed by atoms with Crippen molar-refractivity contribution in [3.8, 4) is 22.3 Å². The third-order valence-electron chi connectivity index (χ3n) is 10.3. The molecule has 0 aliphatic rings. The second-order valence-corrected chi connectivity index (χ2v) is 12.9. The topological polar surface area (TPSA) is 13.1 Å². The monoisotopic (exact) mass is 594 g/mol. The Kier molecular flexibility index (Phi) is 4.90. The van der Waals surface area contributed by atoms with Gasteiger partial charge in [0.1, 0.15) is 11.2 Å². The smallest absolute Gasteiger partial charge is 0.136 e. The summed E-state index contributed by atoms with van der Waals surface area (Å²) in [6, 6.07) is 58.0. The first kappa shape index (κ1) is 25.1. The number of rotatable bonds is 2. The molecule has 1 nitrogen and oxygen atoms in total. The maximum atomic E-state index is 6.77. The third-order valence-corrected chi connectivity index (χ3v) is 10.3. The van der Waals surface area contributed by atoms with Crippen LogP contribution in [0.25, 0.3) is 109 Å². The summed E-state index contributed by atoms with van der Waals surface area (Å²) in [4.78, 5) is 0. The third kappa shape index (κ3) is 3.54. The number of furan rings is 1. The molecule has 0 spiro atoms. The number of benzene rings is 10. The maximum absolute atomic E-state index is 6.77. The van der Waals surface area contributed by atoms with Crippen molar-refractivity contribution in [1.82, 2.24) is 0 Å². The zero-order chi connectivity index (χ0) is 30.6. The highest BCUT2D eigenvalue weighted by atomic mass is 16.3. The van der Waals surface area contributed by atoms with Gasteiger partial charge in [0.2, 0.25) is 0 Å². The summed E-state index contributed by atoms with van der Waals surface area (Å²) < 4.78 is 6.77. The first-order valence-electron chi connectivity index (χ1n) is 16.2. The average molecular weight is 595 g/mol. The Labute approximate surface area is 270 Å². The van der Waals surface area contributed by atoms with Crippen molar-refractivity contribution in [2.24, 2.45) is 0 Å². The van der Waals surface area contributed by atoms with Gasteiger partial charge in [0, 0.05) is 10.8 Å². The summed E-state index contributed by atoms with van der Waals surface area (Å²) >= 11 is 0. The van der Waals surface area contributed by atoms with Crippen LogP contribution in [0.15, 0.2) is 162 Å². The lowest BCUT2D eigenvalue weighted by atomic mass is 9.87. The maximum Gasteiger partial charge on any atom is 0.136 e. The molecule has 0 aliphatic carbocycles. The van der Waals surface area contributed by atoms with Gasteiger partial charge in [-0.15, -0.1) is 0 Å². The Morgan fingerprint density at radius 1 is 0.277 bits per heavy atom. The molecule has 1 heteroatoms. The Morgan fingerprint density at radius 2 is 0.915 bits per heavy atom. The molecule has 1 aromatic heterocycles. The quantitative estimate of drug-likeness (QED) is 0.182. The molecule has 10 aromatic carbocycles. The fourth-order valence-corrected chi connectivity index (χ4v) is 8.12. The summed E-state index contributed by atoms with van der Waals surface area (Å²) in [5.74, 6) is 0. The minimum absolute atomic E-state index is 0.909. The number of fused-ring (bicyclic) bond motifs is 7. The summed E-state index contributed by atoms with van der Waals surface area (Å²) in [6.07, 6.45) is 0. The van der Waals surface area contributed by atoms with Gasteiger partial charge in [-0.2, -0.15) is 0 Å². The highest BCUT2D eigenvalue weighted by molar-refractivity contribution is 6.27. The van der Waals surface area contributed by atoms with E-state index in [0.29, 0.717) is 0 Å². The van der Waals surface area contributed by atoms with E-state index >= 15 is 0 Å². The molecule has 0 fully saturated rings. The second-order valence-electron chi connectivity index (χ2n) is 12.9. The van der Waals surface area contributed by atoms with E-state index in [2.05, 4.69) is 158 Å². The molecule has 216 valence electrons. The van der Waals surface area contributed by atoms with E-state index in [1.54, 1.807) is 0 Å². The van der Waals surface area contributed by atoms with Gasteiger partial charge in [0.15, 0.2) is 0 Å². The van der Waals surface area contributed by atoms with Crippen LogP contribution in [0.5, 0.6) is 0 Å². The lowest BCUT2D eigenvalue weighted by Crippen LogP contribution is -1.89.